The molecule has 0 heterocycles. The van der Waals surface area contributed by atoms with Gasteiger partial charge in [-0.05, 0) is 49.4 Å². The van der Waals surface area contributed by atoms with E-state index in [1.165, 1.54) is 161 Å². The van der Waals surface area contributed by atoms with E-state index in [9.17, 15) is 43.2 Å². The number of rotatable bonds is 70. The van der Waals surface area contributed by atoms with Crippen LogP contribution in [0.1, 0.15) is 364 Å². The van der Waals surface area contributed by atoms with Crippen molar-refractivity contribution < 1.29 is 80.2 Å². The van der Waals surface area contributed by atoms with Crippen LogP contribution in [0.15, 0.2) is 0 Å². The maximum Gasteiger partial charge on any atom is 0.472 e. The minimum Gasteiger partial charge on any atom is -0.462 e. The highest BCUT2D eigenvalue weighted by Gasteiger charge is 2.30. The van der Waals surface area contributed by atoms with E-state index in [2.05, 4.69) is 55.4 Å². The van der Waals surface area contributed by atoms with Crippen LogP contribution >= 0.6 is 15.6 Å². The van der Waals surface area contributed by atoms with E-state index < -0.39 is 97.5 Å². The Balaban J connectivity index is 5.18. The molecule has 4 unspecified atom stereocenters. The lowest BCUT2D eigenvalue weighted by Crippen LogP contribution is -2.30. The van der Waals surface area contributed by atoms with Crippen LogP contribution in [0.2, 0.25) is 0 Å². The second-order valence-electron chi connectivity index (χ2n) is 27.8. The zero-order valence-electron chi connectivity index (χ0n) is 60.2. The summed E-state index contributed by atoms with van der Waals surface area (Å²) in [4.78, 5) is 72.6. The minimum atomic E-state index is -4.96. The van der Waals surface area contributed by atoms with Gasteiger partial charge in [-0.3, -0.25) is 37.3 Å². The molecule has 0 radical (unpaired) electrons. The van der Waals surface area contributed by atoms with Crippen molar-refractivity contribution in [3.8, 4) is 0 Å². The van der Waals surface area contributed by atoms with E-state index in [4.69, 9.17) is 37.0 Å². The quantitative estimate of drug-likeness (QED) is 0.0222. The SMILES string of the molecule is CCC(C)CCCCCCCCCCC(=O)OC[C@H](COP(=O)(O)OC[C@@H](O)COP(=O)(O)OC[C@@H](COC(=O)CCCCCCCCC(C)CC)OC(=O)CCCCCCCCC(C)C)OC(=O)CCCCCCCCCCCCCCCCCCCCC(C)C. The molecular weight excluding hydrogens is 1210 g/mol. The number of phosphoric ester groups is 2. The molecular formula is C73H142O17P2. The molecule has 0 saturated carbocycles. The van der Waals surface area contributed by atoms with Crippen LogP contribution in [0.25, 0.3) is 0 Å². The van der Waals surface area contributed by atoms with Crippen molar-refractivity contribution in [1.29, 1.82) is 0 Å². The second kappa shape index (κ2) is 62.6. The van der Waals surface area contributed by atoms with Crippen molar-refractivity contribution in [1.82, 2.24) is 0 Å². The molecule has 0 saturated heterocycles. The average Bonchev–Trinajstić information content (AvgIpc) is 3.00. The number of esters is 4. The van der Waals surface area contributed by atoms with Crippen molar-refractivity contribution in [2.24, 2.45) is 23.7 Å². The van der Waals surface area contributed by atoms with Gasteiger partial charge in [0.1, 0.15) is 19.3 Å². The zero-order chi connectivity index (χ0) is 68.2. The van der Waals surface area contributed by atoms with Gasteiger partial charge >= 0.3 is 39.5 Å². The third-order valence-corrected chi connectivity index (χ3v) is 19.4. The number of carbonyl (C=O) groups is 4. The Morgan fingerprint density at radius 2 is 0.522 bits per heavy atom. The van der Waals surface area contributed by atoms with Crippen molar-refractivity contribution in [2.75, 3.05) is 39.6 Å². The number of aliphatic hydroxyl groups excluding tert-OH is 1. The Labute approximate surface area is 562 Å². The molecule has 3 N–H and O–H groups in total. The molecule has 0 aliphatic heterocycles. The number of hydrogen-bond acceptors (Lipinski definition) is 15. The molecule has 0 aromatic rings. The summed E-state index contributed by atoms with van der Waals surface area (Å²) in [5, 5.41) is 10.6. The largest absolute Gasteiger partial charge is 0.472 e. The van der Waals surface area contributed by atoms with Crippen LogP contribution in [0, 0.1) is 23.7 Å². The number of aliphatic hydroxyl groups is 1. The fraction of sp³-hybridized carbons (Fsp3) is 0.945. The van der Waals surface area contributed by atoms with Crippen molar-refractivity contribution in [3.05, 3.63) is 0 Å². The highest BCUT2D eigenvalue weighted by Crippen LogP contribution is 2.45. The van der Waals surface area contributed by atoms with E-state index in [0.717, 1.165) is 114 Å². The van der Waals surface area contributed by atoms with Gasteiger partial charge in [0.25, 0.3) is 0 Å². The van der Waals surface area contributed by atoms with E-state index in [-0.39, 0.29) is 25.7 Å². The number of hydrogen-bond donors (Lipinski definition) is 3. The van der Waals surface area contributed by atoms with Crippen molar-refractivity contribution in [2.45, 2.75) is 382 Å². The summed E-state index contributed by atoms with van der Waals surface area (Å²) in [6.45, 7) is 14.1. The number of carbonyl (C=O) groups excluding carboxylic acids is 4. The maximum absolute atomic E-state index is 13.0. The smallest absolute Gasteiger partial charge is 0.462 e. The summed E-state index contributed by atoms with van der Waals surface area (Å²) in [5.41, 5.74) is 0. The average molecular weight is 1350 g/mol. The number of ether oxygens (including phenoxy) is 4. The van der Waals surface area contributed by atoms with Crippen LogP contribution in [-0.2, 0) is 65.4 Å². The maximum atomic E-state index is 13.0. The van der Waals surface area contributed by atoms with Crippen LogP contribution in [0.5, 0.6) is 0 Å². The topological polar surface area (TPSA) is 237 Å². The molecule has 0 bridgehead atoms. The molecule has 0 aromatic heterocycles. The van der Waals surface area contributed by atoms with E-state index in [1.54, 1.807) is 0 Å². The first-order valence-corrected chi connectivity index (χ1v) is 40.8. The third kappa shape index (κ3) is 64.1. The second-order valence-corrected chi connectivity index (χ2v) is 30.7. The van der Waals surface area contributed by atoms with Gasteiger partial charge < -0.3 is 33.8 Å². The molecule has 19 heteroatoms. The van der Waals surface area contributed by atoms with Gasteiger partial charge in [-0.15, -0.1) is 0 Å². The van der Waals surface area contributed by atoms with Crippen LogP contribution in [0.3, 0.4) is 0 Å². The van der Waals surface area contributed by atoms with Crippen molar-refractivity contribution >= 4 is 39.5 Å². The summed E-state index contributed by atoms with van der Waals surface area (Å²) in [6, 6.07) is 0. The molecule has 0 aliphatic carbocycles. The molecule has 0 rings (SSSR count). The number of phosphoric acid groups is 2. The molecule has 7 atom stereocenters. The van der Waals surface area contributed by atoms with Gasteiger partial charge in [-0.1, -0.05) is 312 Å². The van der Waals surface area contributed by atoms with E-state index >= 15 is 0 Å². The molecule has 92 heavy (non-hydrogen) atoms. The Morgan fingerprint density at radius 1 is 0.304 bits per heavy atom. The Bertz CT molecular complexity index is 1820. The number of unbranched alkanes of at least 4 members (excludes halogenated alkanes) is 34. The normalized spacial score (nSPS) is 14.8. The lowest BCUT2D eigenvalue weighted by molar-refractivity contribution is -0.161. The lowest BCUT2D eigenvalue weighted by Gasteiger charge is -2.21. The predicted octanol–water partition coefficient (Wildman–Crippen LogP) is 20.9. The van der Waals surface area contributed by atoms with E-state index in [1.807, 2.05) is 0 Å². The zero-order valence-corrected chi connectivity index (χ0v) is 62.0. The fourth-order valence-corrected chi connectivity index (χ4v) is 12.5. The predicted molar refractivity (Wildman–Crippen MR) is 372 cm³/mol. The van der Waals surface area contributed by atoms with Crippen LogP contribution < -0.4 is 0 Å². The molecule has 17 nitrogen and oxygen atoms in total. The summed E-state index contributed by atoms with van der Waals surface area (Å²) in [6.07, 6.45) is 46.1. The Kier molecular flexibility index (Phi) is 61.3. The summed E-state index contributed by atoms with van der Waals surface area (Å²) >= 11 is 0. The van der Waals surface area contributed by atoms with Crippen LogP contribution in [-0.4, -0.2) is 96.7 Å². The molecule has 0 fully saturated rings. The third-order valence-electron chi connectivity index (χ3n) is 17.5. The van der Waals surface area contributed by atoms with Crippen LogP contribution in [0.4, 0.5) is 0 Å². The summed E-state index contributed by atoms with van der Waals surface area (Å²) in [7, 11) is -9.90. The summed E-state index contributed by atoms with van der Waals surface area (Å²) < 4.78 is 68.3. The van der Waals surface area contributed by atoms with Gasteiger partial charge in [0, 0.05) is 25.7 Å². The van der Waals surface area contributed by atoms with Gasteiger partial charge in [-0.2, -0.15) is 0 Å². The van der Waals surface area contributed by atoms with Gasteiger partial charge in [-0.25, -0.2) is 9.13 Å². The first-order valence-electron chi connectivity index (χ1n) is 37.8. The summed E-state index contributed by atoms with van der Waals surface area (Å²) in [5.74, 6) is 0.866. The Hall–Kier alpha value is -1.94. The van der Waals surface area contributed by atoms with Gasteiger partial charge in [0.2, 0.25) is 0 Å². The molecule has 0 spiro atoms. The fourth-order valence-electron chi connectivity index (χ4n) is 11.0. The first kappa shape index (κ1) is 90.1. The van der Waals surface area contributed by atoms with E-state index in [0.29, 0.717) is 31.6 Å². The van der Waals surface area contributed by atoms with Crippen molar-refractivity contribution in [3.63, 3.8) is 0 Å². The molecule has 0 amide bonds. The van der Waals surface area contributed by atoms with Gasteiger partial charge in [0.05, 0.1) is 26.4 Å². The Morgan fingerprint density at radius 3 is 0.772 bits per heavy atom. The standard InChI is InChI=1S/C73H142O17P2/c1-9-65(7)51-43-35-26-23-24-27-37-45-53-70(75)83-59-68(89-72(77)55-47-39-28-22-20-18-16-14-12-11-13-15-17-19-21-25-33-41-49-63(3)4)61-87-91(79,80)85-57-67(74)58-86-92(81,82)88-62-69(90-73(78)56-48-40-31-29-34-42-50-64(5)6)60-84-71(76)54-46-38-32-30-36-44-52-66(8)10-2/h63-69,74H,9-62H2,1-8H3,(H,79,80)(H,81,82)/t65?,66?,67-,68-,69-/m1/s1. The molecule has 546 valence electrons. The minimum absolute atomic E-state index is 0.101. The lowest BCUT2D eigenvalue weighted by atomic mass is 9.99. The highest BCUT2D eigenvalue weighted by molar-refractivity contribution is 7.47. The monoisotopic (exact) mass is 1350 g/mol. The van der Waals surface area contributed by atoms with Gasteiger partial charge in [0.15, 0.2) is 12.2 Å². The highest BCUT2D eigenvalue weighted by atomic mass is 31.2. The first-order chi connectivity index (χ1) is 44.2. The molecule has 0 aromatic carbocycles. The molecule has 0 aliphatic rings.